The van der Waals surface area contributed by atoms with E-state index < -0.39 is 0 Å². The summed E-state index contributed by atoms with van der Waals surface area (Å²) >= 11 is 5.91. The second kappa shape index (κ2) is 9.03. The topological polar surface area (TPSA) is 46.0 Å². The minimum absolute atomic E-state index is 0.0154. The first-order valence-electron chi connectivity index (χ1n) is 11.6. The van der Waals surface area contributed by atoms with Crippen LogP contribution in [-0.2, 0) is 6.54 Å². The number of thiocarbonyl (C=S) groups is 1. The van der Waals surface area contributed by atoms with Gasteiger partial charge in [0.05, 0.1) is 17.8 Å². The zero-order valence-electron chi connectivity index (χ0n) is 20.0. The third-order valence-corrected chi connectivity index (χ3v) is 7.18. The van der Waals surface area contributed by atoms with Gasteiger partial charge in [0, 0.05) is 42.2 Å². The van der Waals surface area contributed by atoms with Crippen LogP contribution in [0.4, 0.5) is 5.69 Å². The molecule has 0 bridgehead atoms. The van der Waals surface area contributed by atoms with Crippen molar-refractivity contribution in [1.29, 1.82) is 0 Å². The fraction of sp³-hybridized carbons (Fsp3) is 0.250. The Morgan fingerprint density at radius 2 is 1.79 bits per heavy atom. The Hall–Kier alpha value is -3.51. The van der Waals surface area contributed by atoms with E-state index in [-0.39, 0.29) is 12.1 Å². The molecule has 0 radical (unpaired) electrons. The number of pyridine rings is 2. The molecule has 0 amide bonds. The predicted molar refractivity (Wildman–Crippen MR) is 141 cm³/mol. The van der Waals surface area contributed by atoms with Crippen molar-refractivity contribution in [3.63, 3.8) is 0 Å². The molecule has 4 aromatic rings. The summed E-state index contributed by atoms with van der Waals surface area (Å²) in [5.41, 5.74) is 9.49. The Kier molecular flexibility index (Phi) is 5.92. The van der Waals surface area contributed by atoms with E-state index in [1.165, 1.54) is 33.6 Å². The highest BCUT2D eigenvalue weighted by Crippen LogP contribution is 2.43. The van der Waals surface area contributed by atoms with Crippen molar-refractivity contribution in [2.24, 2.45) is 0 Å². The van der Waals surface area contributed by atoms with Crippen LogP contribution in [0.5, 0.6) is 0 Å². The SMILES string of the molecule is Cc1ccc(N2C(=S)N[C@@H](c3ccccn3)[C@@H]2c2cc(C)n(Cc3cccnc3)c2C)cc1C. The molecule has 1 N–H and O–H groups in total. The second-order valence-electron chi connectivity index (χ2n) is 9.04. The number of nitrogens with zero attached hydrogens (tertiary/aromatic N) is 4. The molecule has 0 aliphatic carbocycles. The van der Waals surface area contributed by atoms with Gasteiger partial charge in [0.2, 0.25) is 0 Å². The lowest BCUT2D eigenvalue weighted by Gasteiger charge is -2.28. The lowest BCUT2D eigenvalue weighted by Crippen LogP contribution is -2.29. The summed E-state index contributed by atoms with van der Waals surface area (Å²) in [6, 6.07) is 19.0. The van der Waals surface area contributed by atoms with Gasteiger partial charge in [-0.3, -0.25) is 9.97 Å². The molecule has 3 aromatic heterocycles. The average molecular weight is 468 g/mol. The molecule has 1 aliphatic rings. The maximum atomic E-state index is 5.91. The Morgan fingerprint density at radius 1 is 0.941 bits per heavy atom. The molecule has 0 spiro atoms. The molecule has 4 heterocycles. The van der Waals surface area contributed by atoms with Gasteiger partial charge in [-0.05, 0) is 98.6 Å². The number of nitrogens with one attached hydrogen (secondary N) is 1. The Bertz CT molecular complexity index is 1330. The minimum atomic E-state index is -0.0531. The van der Waals surface area contributed by atoms with Crippen LogP contribution < -0.4 is 10.2 Å². The standard InChI is InChI=1S/C28H29N5S/c1-18-10-11-23(14-19(18)2)33-27(26(31-28(33)34)25-9-5-6-13-30-25)24-15-20(3)32(21(24)4)17-22-8-7-12-29-16-22/h5-16,26-27H,17H2,1-4H3,(H,31,34)/t26-,27-/m0/s1. The number of rotatable bonds is 5. The highest BCUT2D eigenvalue weighted by atomic mass is 32.1. The van der Waals surface area contributed by atoms with E-state index in [1.807, 2.05) is 36.8 Å². The van der Waals surface area contributed by atoms with Crippen LogP contribution in [0.15, 0.2) is 73.2 Å². The summed E-state index contributed by atoms with van der Waals surface area (Å²) in [7, 11) is 0. The van der Waals surface area contributed by atoms with Gasteiger partial charge in [-0.2, -0.15) is 0 Å². The Balaban J connectivity index is 1.63. The van der Waals surface area contributed by atoms with Crippen LogP contribution in [0, 0.1) is 27.7 Å². The van der Waals surface area contributed by atoms with Crippen LogP contribution in [-0.4, -0.2) is 19.6 Å². The first kappa shape index (κ1) is 22.3. The van der Waals surface area contributed by atoms with E-state index in [9.17, 15) is 0 Å². The molecule has 1 saturated heterocycles. The van der Waals surface area contributed by atoms with E-state index in [1.54, 1.807) is 0 Å². The molecule has 5 rings (SSSR count). The van der Waals surface area contributed by atoms with Crippen molar-refractivity contribution in [2.45, 2.75) is 46.3 Å². The molecule has 34 heavy (non-hydrogen) atoms. The lowest BCUT2D eigenvalue weighted by molar-refractivity contribution is 0.563. The van der Waals surface area contributed by atoms with Crippen molar-refractivity contribution in [3.8, 4) is 0 Å². The van der Waals surface area contributed by atoms with Gasteiger partial charge < -0.3 is 14.8 Å². The van der Waals surface area contributed by atoms with Gasteiger partial charge in [-0.1, -0.05) is 18.2 Å². The van der Waals surface area contributed by atoms with Crippen LogP contribution in [0.25, 0.3) is 0 Å². The first-order valence-corrected chi connectivity index (χ1v) is 12.0. The zero-order valence-corrected chi connectivity index (χ0v) is 20.8. The summed E-state index contributed by atoms with van der Waals surface area (Å²) in [5.74, 6) is 0. The summed E-state index contributed by atoms with van der Waals surface area (Å²) in [6.07, 6.45) is 5.60. The van der Waals surface area contributed by atoms with Crippen molar-refractivity contribution in [2.75, 3.05) is 4.90 Å². The molecular formula is C28H29N5S. The van der Waals surface area contributed by atoms with Gasteiger partial charge in [0.15, 0.2) is 5.11 Å². The molecule has 1 fully saturated rings. The predicted octanol–water partition coefficient (Wildman–Crippen LogP) is 5.74. The van der Waals surface area contributed by atoms with Crippen molar-refractivity contribution >= 4 is 23.0 Å². The molecule has 5 nitrogen and oxygen atoms in total. The molecular weight excluding hydrogens is 438 g/mol. The number of aryl methyl sites for hydroxylation is 3. The number of hydrogen-bond donors (Lipinski definition) is 1. The molecule has 0 saturated carbocycles. The zero-order chi connectivity index (χ0) is 23.8. The summed E-state index contributed by atoms with van der Waals surface area (Å²) in [5, 5.41) is 4.31. The van der Waals surface area contributed by atoms with E-state index in [2.05, 4.69) is 83.9 Å². The molecule has 0 unspecified atom stereocenters. The monoisotopic (exact) mass is 467 g/mol. The lowest BCUT2D eigenvalue weighted by atomic mass is 9.96. The van der Waals surface area contributed by atoms with E-state index >= 15 is 0 Å². The third-order valence-electron chi connectivity index (χ3n) is 6.86. The number of benzene rings is 1. The quantitative estimate of drug-likeness (QED) is 0.380. The molecule has 1 aliphatic heterocycles. The maximum absolute atomic E-state index is 5.91. The maximum Gasteiger partial charge on any atom is 0.174 e. The van der Waals surface area contributed by atoms with Crippen LogP contribution in [0.1, 0.15) is 51.4 Å². The van der Waals surface area contributed by atoms with Gasteiger partial charge >= 0.3 is 0 Å². The van der Waals surface area contributed by atoms with Crippen molar-refractivity contribution < 1.29 is 0 Å². The normalized spacial score (nSPS) is 17.8. The Morgan fingerprint density at radius 3 is 2.50 bits per heavy atom. The van der Waals surface area contributed by atoms with Gasteiger partial charge in [-0.15, -0.1) is 0 Å². The molecule has 172 valence electrons. The average Bonchev–Trinajstić information content (AvgIpc) is 3.33. The van der Waals surface area contributed by atoms with Gasteiger partial charge in [0.25, 0.3) is 0 Å². The Labute approximate surface area is 206 Å². The van der Waals surface area contributed by atoms with Crippen molar-refractivity contribution in [1.82, 2.24) is 19.9 Å². The first-order chi connectivity index (χ1) is 16.4. The van der Waals surface area contributed by atoms with Crippen LogP contribution in [0.2, 0.25) is 0 Å². The van der Waals surface area contributed by atoms with Crippen LogP contribution >= 0.6 is 12.2 Å². The molecule has 1 aromatic carbocycles. The van der Waals surface area contributed by atoms with Crippen LogP contribution in [0.3, 0.4) is 0 Å². The second-order valence-corrected chi connectivity index (χ2v) is 9.43. The summed E-state index contributed by atoms with van der Waals surface area (Å²) in [4.78, 5) is 11.3. The van der Waals surface area contributed by atoms with E-state index in [0.29, 0.717) is 0 Å². The summed E-state index contributed by atoms with van der Waals surface area (Å²) in [6.45, 7) is 9.45. The molecule has 6 heteroatoms. The molecule has 2 atom stereocenters. The van der Waals surface area contributed by atoms with E-state index in [0.717, 1.165) is 23.0 Å². The number of anilines is 1. The van der Waals surface area contributed by atoms with E-state index in [4.69, 9.17) is 17.2 Å². The highest BCUT2D eigenvalue weighted by Gasteiger charge is 2.42. The smallest absolute Gasteiger partial charge is 0.174 e. The fourth-order valence-corrected chi connectivity index (χ4v) is 5.22. The third kappa shape index (κ3) is 3.99. The largest absolute Gasteiger partial charge is 0.351 e. The number of hydrogen-bond acceptors (Lipinski definition) is 3. The van der Waals surface area contributed by atoms with Gasteiger partial charge in [0.1, 0.15) is 0 Å². The highest BCUT2D eigenvalue weighted by molar-refractivity contribution is 7.80. The summed E-state index contributed by atoms with van der Waals surface area (Å²) < 4.78 is 2.36. The fourth-order valence-electron chi connectivity index (χ4n) is 4.87. The minimum Gasteiger partial charge on any atom is -0.351 e. The number of aromatic nitrogens is 3. The van der Waals surface area contributed by atoms with Gasteiger partial charge in [-0.25, -0.2) is 0 Å². The van der Waals surface area contributed by atoms with Crippen molar-refractivity contribution in [3.05, 3.63) is 113 Å².